The Kier molecular flexibility index (Phi) is 6.29. The zero-order valence-electron chi connectivity index (χ0n) is 13.8. The van der Waals surface area contributed by atoms with Gasteiger partial charge in [-0.2, -0.15) is 0 Å². The highest BCUT2D eigenvalue weighted by atomic mass is 32.2. The van der Waals surface area contributed by atoms with Crippen LogP contribution in [-0.4, -0.2) is 26.8 Å². The minimum absolute atomic E-state index is 0.189. The topological polar surface area (TPSA) is 104 Å². The van der Waals surface area contributed by atoms with Crippen molar-refractivity contribution in [2.75, 3.05) is 17.2 Å². The zero-order chi connectivity index (χ0) is 18.4. The molecule has 0 aliphatic rings. The van der Waals surface area contributed by atoms with Gasteiger partial charge in [0, 0.05) is 23.2 Å². The van der Waals surface area contributed by atoms with Crippen molar-refractivity contribution in [3.05, 3.63) is 41.3 Å². The van der Waals surface area contributed by atoms with E-state index in [2.05, 4.69) is 15.4 Å². The Bertz CT molecular complexity index is 858. The summed E-state index contributed by atoms with van der Waals surface area (Å²) in [7, 11) is -3.70. The Hall–Kier alpha value is -2.23. The maximum atomic E-state index is 12.1. The summed E-state index contributed by atoms with van der Waals surface area (Å²) in [5.74, 6) is -0.672. The SMILES string of the molecule is CCc1ccc(S(=O)(=O)NCC(=O)Nc2ccc(NC(C)=O)cc2)s1. The fourth-order valence-corrected chi connectivity index (χ4v) is 4.29. The van der Waals surface area contributed by atoms with Crippen molar-refractivity contribution in [2.24, 2.45) is 0 Å². The van der Waals surface area contributed by atoms with Crippen LogP contribution in [-0.2, 0) is 26.0 Å². The van der Waals surface area contributed by atoms with E-state index < -0.39 is 15.9 Å². The van der Waals surface area contributed by atoms with Crippen LogP contribution in [0.2, 0.25) is 0 Å². The molecular weight excluding hydrogens is 362 g/mol. The van der Waals surface area contributed by atoms with Gasteiger partial charge < -0.3 is 10.6 Å². The van der Waals surface area contributed by atoms with Crippen LogP contribution in [0.1, 0.15) is 18.7 Å². The van der Waals surface area contributed by atoms with E-state index in [1.807, 2.05) is 6.92 Å². The molecule has 1 heterocycles. The molecular formula is C16H19N3O4S2. The summed E-state index contributed by atoms with van der Waals surface area (Å²) >= 11 is 1.19. The molecule has 25 heavy (non-hydrogen) atoms. The average molecular weight is 381 g/mol. The highest BCUT2D eigenvalue weighted by Gasteiger charge is 2.17. The fourth-order valence-electron chi connectivity index (χ4n) is 1.97. The van der Waals surface area contributed by atoms with Gasteiger partial charge in [-0.15, -0.1) is 11.3 Å². The predicted molar refractivity (Wildman–Crippen MR) is 98.3 cm³/mol. The van der Waals surface area contributed by atoms with E-state index in [4.69, 9.17) is 0 Å². The molecule has 2 rings (SSSR count). The molecule has 0 aliphatic carbocycles. The molecule has 2 aromatic rings. The normalized spacial score (nSPS) is 11.1. The lowest BCUT2D eigenvalue weighted by molar-refractivity contribution is -0.115. The number of carbonyl (C=O) groups excluding carboxylic acids is 2. The zero-order valence-corrected chi connectivity index (χ0v) is 15.5. The van der Waals surface area contributed by atoms with Gasteiger partial charge in [-0.25, -0.2) is 13.1 Å². The number of hydrogen-bond acceptors (Lipinski definition) is 5. The number of rotatable bonds is 7. The molecule has 0 aliphatic heterocycles. The Balaban J connectivity index is 1.90. The third-order valence-corrected chi connectivity index (χ3v) is 6.28. The predicted octanol–water partition coefficient (Wildman–Crippen LogP) is 2.19. The first-order valence-electron chi connectivity index (χ1n) is 7.56. The van der Waals surface area contributed by atoms with Crippen LogP contribution in [0.3, 0.4) is 0 Å². The summed E-state index contributed by atoms with van der Waals surface area (Å²) in [4.78, 5) is 23.8. The lowest BCUT2D eigenvalue weighted by Crippen LogP contribution is -2.32. The van der Waals surface area contributed by atoms with Gasteiger partial charge in [-0.1, -0.05) is 6.92 Å². The fraction of sp³-hybridized carbons (Fsp3) is 0.250. The lowest BCUT2D eigenvalue weighted by Gasteiger charge is -2.08. The number of hydrogen-bond donors (Lipinski definition) is 3. The van der Waals surface area contributed by atoms with Crippen molar-refractivity contribution in [3.63, 3.8) is 0 Å². The second-order valence-electron chi connectivity index (χ2n) is 5.21. The summed E-state index contributed by atoms with van der Waals surface area (Å²) in [6, 6.07) is 9.80. The molecule has 7 nitrogen and oxygen atoms in total. The number of carbonyl (C=O) groups is 2. The first-order chi connectivity index (χ1) is 11.8. The Labute approximate surface area is 150 Å². The number of thiophene rings is 1. The summed E-state index contributed by atoms with van der Waals surface area (Å²) in [6.07, 6.45) is 0.759. The van der Waals surface area contributed by atoms with E-state index in [1.165, 1.54) is 24.3 Å². The maximum Gasteiger partial charge on any atom is 0.250 e. The number of aryl methyl sites for hydroxylation is 1. The van der Waals surface area contributed by atoms with Crippen LogP contribution < -0.4 is 15.4 Å². The first kappa shape index (κ1) is 19.1. The highest BCUT2D eigenvalue weighted by Crippen LogP contribution is 2.21. The van der Waals surface area contributed by atoms with E-state index in [1.54, 1.807) is 30.3 Å². The third-order valence-electron chi connectivity index (χ3n) is 3.16. The van der Waals surface area contributed by atoms with Gasteiger partial charge in [0.1, 0.15) is 4.21 Å². The highest BCUT2D eigenvalue weighted by molar-refractivity contribution is 7.91. The summed E-state index contributed by atoms with van der Waals surface area (Å²) in [6.45, 7) is 2.98. The molecule has 9 heteroatoms. The molecule has 0 spiro atoms. The van der Waals surface area contributed by atoms with Crippen LogP contribution in [0.25, 0.3) is 0 Å². The number of benzene rings is 1. The minimum Gasteiger partial charge on any atom is -0.326 e. The van der Waals surface area contributed by atoms with Gasteiger partial charge in [0.2, 0.25) is 11.8 Å². The Morgan fingerprint density at radius 3 is 2.12 bits per heavy atom. The standard InChI is InChI=1S/C16H19N3O4S2/c1-3-14-8-9-16(24-14)25(22,23)17-10-15(21)19-13-6-4-12(5-7-13)18-11(2)20/h4-9,17H,3,10H2,1-2H3,(H,18,20)(H,19,21). The first-order valence-corrected chi connectivity index (χ1v) is 9.86. The number of nitrogens with one attached hydrogen (secondary N) is 3. The molecule has 0 saturated heterocycles. The van der Waals surface area contributed by atoms with Gasteiger partial charge >= 0.3 is 0 Å². The van der Waals surface area contributed by atoms with E-state index in [0.717, 1.165) is 11.3 Å². The van der Waals surface area contributed by atoms with Gasteiger partial charge in [0.25, 0.3) is 10.0 Å². The molecule has 0 fully saturated rings. The molecule has 134 valence electrons. The molecule has 1 aromatic heterocycles. The number of sulfonamides is 1. The average Bonchev–Trinajstić information content (AvgIpc) is 3.04. The summed E-state index contributed by atoms with van der Waals surface area (Å²) in [5.41, 5.74) is 1.11. The monoisotopic (exact) mass is 381 g/mol. The Morgan fingerprint density at radius 1 is 1.00 bits per heavy atom. The third kappa shape index (κ3) is 5.66. The molecule has 0 bridgehead atoms. The van der Waals surface area contributed by atoms with Crippen LogP contribution in [0.15, 0.2) is 40.6 Å². The molecule has 0 saturated carbocycles. The second kappa shape index (κ2) is 8.24. The summed E-state index contributed by atoms with van der Waals surface area (Å²) < 4.78 is 26.8. The summed E-state index contributed by atoms with van der Waals surface area (Å²) in [5, 5.41) is 5.20. The molecule has 3 N–H and O–H groups in total. The molecule has 2 amide bonds. The van der Waals surface area contributed by atoms with Crippen molar-refractivity contribution in [3.8, 4) is 0 Å². The molecule has 0 atom stereocenters. The second-order valence-corrected chi connectivity index (χ2v) is 8.37. The van der Waals surface area contributed by atoms with Crippen LogP contribution in [0.5, 0.6) is 0 Å². The van der Waals surface area contributed by atoms with Crippen LogP contribution >= 0.6 is 11.3 Å². The van der Waals surface area contributed by atoms with E-state index in [-0.39, 0.29) is 16.7 Å². The van der Waals surface area contributed by atoms with E-state index in [9.17, 15) is 18.0 Å². The van der Waals surface area contributed by atoms with Gasteiger partial charge in [0.05, 0.1) is 6.54 Å². The lowest BCUT2D eigenvalue weighted by atomic mass is 10.2. The number of anilines is 2. The van der Waals surface area contributed by atoms with Crippen LogP contribution in [0.4, 0.5) is 11.4 Å². The van der Waals surface area contributed by atoms with Gasteiger partial charge in [-0.3, -0.25) is 9.59 Å². The largest absolute Gasteiger partial charge is 0.326 e. The molecule has 0 radical (unpaired) electrons. The van der Waals surface area contributed by atoms with E-state index >= 15 is 0 Å². The smallest absolute Gasteiger partial charge is 0.250 e. The van der Waals surface area contributed by atoms with E-state index in [0.29, 0.717) is 11.4 Å². The van der Waals surface area contributed by atoms with Crippen LogP contribution in [0, 0.1) is 0 Å². The quantitative estimate of drug-likeness (QED) is 0.684. The van der Waals surface area contributed by atoms with Crippen molar-refractivity contribution in [1.82, 2.24) is 4.72 Å². The Morgan fingerprint density at radius 2 is 1.60 bits per heavy atom. The molecule has 0 unspecified atom stereocenters. The molecule has 1 aromatic carbocycles. The maximum absolute atomic E-state index is 12.1. The number of amides is 2. The van der Waals surface area contributed by atoms with Gasteiger partial charge in [-0.05, 0) is 42.8 Å². The van der Waals surface area contributed by atoms with Gasteiger partial charge in [0.15, 0.2) is 0 Å². The van der Waals surface area contributed by atoms with Crippen molar-refractivity contribution in [1.29, 1.82) is 0 Å². The van der Waals surface area contributed by atoms with Crippen molar-refractivity contribution in [2.45, 2.75) is 24.5 Å². The van der Waals surface area contributed by atoms with Crippen molar-refractivity contribution >= 4 is 44.5 Å². The van der Waals surface area contributed by atoms with Crippen molar-refractivity contribution < 1.29 is 18.0 Å². The minimum atomic E-state index is -3.70.